The SMILES string of the molecule is O=C(NCc1ccccn1)c1cnc(Nc2ccc(N3CCCCC3)cc2)cn1. The van der Waals surface area contributed by atoms with Crippen LogP contribution in [0.3, 0.4) is 0 Å². The molecule has 29 heavy (non-hydrogen) atoms. The number of anilines is 3. The van der Waals surface area contributed by atoms with Gasteiger partial charge < -0.3 is 15.5 Å². The fourth-order valence-electron chi connectivity index (χ4n) is 3.33. The molecule has 0 atom stereocenters. The molecular formula is C22H24N6O. The van der Waals surface area contributed by atoms with Gasteiger partial charge in [-0.1, -0.05) is 6.07 Å². The smallest absolute Gasteiger partial charge is 0.271 e. The second-order valence-electron chi connectivity index (χ2n) is 7.01. The molecule has 7 nitrogen and oxygen atoms in total. The summed E-state index contributed by atoms with van der Waals surface area (Å²) in [6.45, 7) is 2.61. The Labute approximate surface area is 170 Å². The molecule has 0 aliphatic carbocycles. The maximum absolute atomic E-state index is 12.2. The maximum atomic E-state index is 12.2. The van der Waals surface area contributed by atoms with Crippen LogP contribution >= 0.6 is 0 Å². The van der Waals surface area contributed by atoms with E-state index >= 15 is 0 Å². The number of hydrogen-bond donors (Lipinski definition) is 2. The van der Waals surface area contributed by atoms with E-state index in [1.54, 1.807) is 12.4 Å². The molecule has 0 saturated carbocycles. The Morgan fingerprint density at radius 1 is 0.931 bits per heavy atom. The molecular weight excluding hydrogens is 364 g/mol. The highest BCUT2D eigenvalue weighted by atomic mass is 16.1. The number of pyridine rings is 1. The monoisotopic (exact) mass is 388 g/mol. The fourth-order valence-corrected chi connectivity index (χ4v) is 3.33. The van der Waals surface area contributed by atoms with Crippen molar-refractivity contribution < 1.29 is 4.79 Å². The van der Waals surface area contributed by atoms with Crippen molar-refractivity contribution in [2.45, 2.75) is 25.8 Å². The highest BCUT2D eigenvalue weighted by molar-refractivity contribution is 5.91. The molecule has 1 aromatic carbocycles. The average molecular weight is 388 g/mol. The molecule has 0 bridgehead atoms. The molecule has 1 saturated heterocycles. The van der Waals surface area contributed by atoms with Crippen molar-refractivity contribution in [1.29, 1.82) is 0 Å². The van der Waals surface area contributed by atoms with E-state index in [4.69, 9.17) is 0 Å². The Bertz CT molecular complexity index is 922. The summed E-state index contributed by atoms with van der Waals surface area (Å²) in [5.74, 6) is 0.317. The molecule has 2 N–H and O–H groups in total. The van der Waals surface area contributed by atoms with Gasteiger partial charge in [0.25, 0.3) is 5.91 Å². The summed E-state index contributed by atoms with van der Waals surface area (Å²) in [6, 6.07) is 13.9. The van der Waals surface area contributed by atoms with Crippen molar-refractivity contribution >= 4 is 23.1 Å². The van der Waals surface area contributed by atoms with E-state index in [1.807, 2.05) is 30.3 Å². The van der Waals surface area contributed by atoms with Crippen LogP contribution in [0.5, 0.6) is 0 Å². The maximum Gasteiger partial charge on any atom is 0.271 e. The predicted molar refractivity (Wildman–Crippen MR) is 113 cm³/mol. The first kappa shape index (κ1) is 18.9. The van der Waals surface area contributed by atoms with Gasteiger partial charge in [-0.3, -0.25) is 9.78 Å². The first-order valence-corrected chi connectivity index (χ1v) is 9.90. The van der Waals surface area contributed by atoms with Crippen molar-refractivity contribution in [2.24, 2.45) is 0 Å². The van der Waals surface area contributed by atoms with E-state index in [-0.39, 0.29) is 11.6 Å². The van der Waals surface area contributed by atoms with Gasteiger partial charge in [-0.2, -0.15) is 0 Å². The lowest BCUT2D eigenvalue weighted by Gasteiger charge is -2.28. The predicted octanol–water partition coefficient (Wildman–Crippen LogP) is 3.54. The highest BCUT2D eigenvalue weighted by Crippen LogP contribution is 2.23. The number of benzene rings is 1. The minimum atomic E-state index is -0.277. The van der Waals surface area contributed by atoms with Crippen molar-refractivity contribution in [2.75, 3.05) is 23.3 Å². The van der Waals surface area contributed by atoms with Crippen LogP contribution in [0.4, 0.5) is 17.2 Å². The topological polar surface area (TPSA) is 83.0 Å². The third kappa shape index (κ3) is 5.07. The highest BCUT2D eigenvalue weighted by Gasteiger charge is 2.11. The summed E-state index contributed by atoms with van der Waals surface area (Å²) in [5, 5.41) is 6.02. The van der Waals surface area contributed by atoms with Crippen LogP contribution in [-0.2, 0) is 6.54 Å². The van der Waals surface area contributed by atoms with E-state index in [2.05, 4.69) is 42.6 Å². The first-order chi connectivity index (χ1) is 14.3. The number of piperidine rings is 1. The number of amides is 1. The van der Waals surface area contributed by atoms with E-state index in [0.29, 0.717) is 12.4 Å². The van der Waals surface area contributed by atoms with Crippen LogP contribution in [-0.4, -0.2) is 33.9 Å². The molecule has 3 heterocycles. The van der Waals surface area contributed by atoms with Crippen LogP contribution in [0.15, 0.2) is 61.1 Å². The lowest BCUT2D eigenvalue weighted by molar-refractivity contribution is 0.0945. The third-order valence-electron chi connectivity index (χ3n) is 4.90. The number of hydrogen-bond acceptors (Lipinski definition) is 6. The fraction of sp³-hybridized carbons (Fsp3) is 0.273. The number of aromatic nitrogens is 3. The van der Waals surface area contributed by atoms with Gasteiger partial charge in [0.15, 0.2) is 0 Å². The van der Waals surface area contributed by atoms with E-state index < -0.39 is 0 Å². The molecule has 1 fully saturated rings. The molecule has 148 valence electrons. The molecule has 1 aliphatic rings. The average Bonchev–Trinajstić information content (AvgIpc) is 2.80. The van der Waals surface area contributed by atoms with E-state index in [9.17, 15) is 4.79 Å². The van der Waals surface area contributed by atoms with Gasteiger partial charge in [0.05, 0.1) is 24.6 Å². The lowest BCUT2D eigenvalue weighted by Crippen LogP contribution is -2.29. The minimum Gasteiger partial charge on any atom is -0.372 e. The summed E-state index contributed by atoms with van der Waals surface area (Å²) >= 11 is 0. The Morgan fingerprint density at radius 3 is 2.45 bits per heavy atom. The van der Waals surface area contributed by atoms with Crippen molar-refractivity contribution in [3.05, 3.63) is 72.4 Å². The van der Waals surface area contributed by atoms with Gasteiger partial charge >= 0.3 is 0 Å². The number of nitrogens with zero attached hydrogens (tertiary/aromatic N) is 4. The number of nitrogens with one attached hydrogen (secondary N) is 2. The van der Waals surface area contributed by atoms with E-state index in [1.165, 1.54) is 31.1 Å². The van der Waals surface area contributed by atoms with Crippen LogP contribution < -0.4 is 15.5 Å². The number of carbonyl (C=O) groups is 1. The molecule has 1 aliphatic heterocycles. The summed E-state index contributed by atoms with van der Waals surface area (Å²) in [4.78, 5) is 27.3. The van der Waals surface area contributed by atoms with Gasteiger partial charge in [-0.15, -0.1) is 0 Å². The normalized spacial score (nSPS) is 13.7. The number of rotatable bonds is 6. The molecule has 4 rings (SSSR count). The number of carbonyl (C=O) groups excluding carboxylic acids is 1. The molecule has 7 heteroatoms. The lowest BCUT2D eigenvalue weighted by atomic mass is 10.1. The van der Waals surface area contributed by atoms with Crippen molar-refractivity contribution in [3.8, 4) is 0 Å². The largest absolute Gasteiger partial charge is 0.372 e. The standard InChI is InChI=1S/C22H24N6O/c29-22(26-14-18-6-2-3-11-23-18)20-15-25-21(16-24-20)27-17-7-9-19(10-8-17)28-12-4-1-5-13-28/h2-3,6-11,15-16H,1,4-5,12-14H2,(H,25,27)(H,26,29). The Balaban J connectivity index is 1.32. The zero-order valence-corrected chi connectivity index (χ0v) is 16.2. The zero-order chi connectivity index (χ0) is 19.9. The molecule has 3 aromatic rings. The minimum absolute atomic E-state index is 0.270. The Kier molecular flexibility index (Phi) is 5.95. The van der Waals surface area contributed by atoms with Gasteiger partial charge in [0, 0.05) is 30.7 Å². The quantitative estimate of drug-likeness (QED) is 0.672. The molecule has 0 unspecified atom stereocenters. The van der Waals surface area contributed by atoms with Gasteiger partial charge in [0.2, 0.25) is 0 Å². The van der Waals surface area contributed by atoms with Crippen LogP contribution in [0.2, 0.25) is 0 Å². The van der Waals surface area contributed by atoms with Crippen molar-refractivity contribution in [1.82, 2.24) is 20.3 Å². The first-order valence-electron chi connectivity index (χ1n) is 9.90. The summed E-state index contributed by atoms with van der Waals surface area (Å²) in [5.41, 5.74) is 3.25. The molecule has 0 radical (unpaired) electrons. The second kappa shape index (κ2) is 9.14. The van der Waals surface area contributed by atoms with Gasteiger partial charge in [0.1, 0.15) is 11.5 Å². The van der Waals surface area contributed by atoms with Crippen molar-refractivity contribution in [3.63, 3.8) is 0 Å². The summed E-state index contributed by atoms with van der Waals surface area (Å²) in [7, 11) is 0. The van der Waals surface area contributed by atoms with Gasteiger partial charge in [-0.05, 0) is 55.7 Å². The molecule has 2 aromatic heterocycles. The van der Waals surface area contributed by atoms with Crippen LogP contribution in [0.1, 0.15) is 35.4 Å². The van der Waals surface area contributed by atoms with E-state index in [0.717, 1.165) is 24.5 Å². The summed E-state index contributed by atoms with van der Waals surface area (Å²) in [6.07, 6.45) is 8.58. The summed E-state index contributed by atoms with van der Waals surface area (Å²) < 4.78 is 0. The molecule has 1 amide bonds. The zero-order valence-electron chi connectivity index (χ0n) is 16.2. The third-order valence-corrected chi connectivity index (χ3v) is 4.90. The Morgan fingerprint density at radius 2 is 1.76 bits per heavy atom. The second-order valence-corrected chi connectivity index (χ2v) is 7.01. The Hall–Kier alpha value is -3.48. The van der Waals surface area contributed by atoms with Crippen LogP contribution in [0, 0.1) is 0 Å². The van der Waals surface area contributed by atoms with Crippen LogP contribution in [0.25, 0.3) is 0 Å². The molecule has 0 spiro atoms. The van der Waals surface area contributed by atoms with Gasteiger partial charge in [-0.25, -0.2) is 9.97 Å².